The van der Waals surface area contributed by atoms with E-state index in [1.807, 2.05) is 29.9 Å². The second-order valence-corrected chi connectivity index (χ2v) is 12.5. The number of hydroxylamine groups is 2. The first-order valence-corrected chi connectivity index (χ1v) is 16.0. The molecular weight excluding hydrogens is 660 g/mol. The van der Waals surface area contributed by atoms with Crippen molar-refractivity contribution in [2.75, 3.05) is 30.7 Å². The molecule has 2 atom stereocenters. The molecular formula is C27H33N8O10S2+. The maximum absolute atomic E-state index is 13.2. The number of carbonyl (C=O) groups is 3. The number of nitrogens with one attached hydrogen (secondary N) is 2. The number of thiazole rings is 1. The molecule has 1 aliphatic rings. The molecule has 2 amide bonds. The fourth-order valence-corrected chi connectivity index (χ4v) is 5.36. The minimum Gasteiger partial charge on any atom is -0.489 e. The summed E-state index contributed by atoms with van der Waals surface area (Å²) in [5, 5.41) is 20.8. The summed E-state index contributed by atoms with van der Waals surface area (Å²) in [4.78, 5) is 46.8. The number of hydrogen-bond acceptors (Lipinski definition) is 14. The molecule has 0 spiro atoms. The number of oxime groups is 1. The van der Waals surface area contributed by atoms with Crippen molar-refractivity contribution in [1.29, 1.82) is 0 Å². The fourth-order valence-electron chi connectivity index (χ4n) is 4.36. The first-order valence-electron chi connectivity index (χ1n) is 13.8. The SMILES string of the molecule is C[n+]1cc(-c2ccc(OC[C@H](O/N=C(\C(=O)NC3C(=O)N(OS(=O)(=O)O)C3(C)C)c3csc(N)n3)C(=O)O)cc2)ccc1NCCN. The lowest BCUT2D eigenvalue weighted by Gasteiger charge is -2.50. The van der Waals surface area contributed by atoms with E-state index in [0.29, 0.717) is 23.9 Å². The number of benzene rings is 1. The average Bonchev–Trinajstić information content (AvgIpc) is 3.44. The second kappa shape index (κ2) is 14.3. The zero-order valence-corrected chi connectivity index (χ0v) is 26.9. The van der Waals surface area contributed by atoms with Crippen molar-refractivity contribution in [3.05, 3.63) is 53.7 Å². The van der Waals surface area contributed by atoms with E-state index in [1.165, 1.54) is 19.2 Å². The Hall–Kier alpha value is -4.89. The molecule has 0 aliphatic carbocycles. The summed E-state index contributed by atoms with van der Waals surface area (Å²) in [6.07, 6.45) is 0.261. The lowest BCUT2D eigenvalue weighted by molar-refractivity contribution is -0.656. The van der Waals surface area contributed by atoms with E-state index in [4.69, 9.17) is 25.6 Å². The quantitative estimate of drug-likeness (QED) is 0.0392. The average molecular weight is 694 g/mol. The number of ether oxygens (including phenoxy) is 1. The van der Waals surface area contributed by atoms with E-state index in [1.54, 1.807) is 24.3 Å². The number of amides is 2. The number of aryl methyl sites for hydroxylation is 1. The van der Waals surface area contributed by atoms with Crippen LogP contribution in [0, 0.1) is 0 Å². The van der Waals surface area contributed by atoms with Gasteiger partial charge in [-0.1, -0.05) is 17.3 Å². The monoisotopic (exact) mass is 693 g/mol. The number of nitrogen functional groups attached to an aromatic ring is 1. The van der Waals surface area contributed by atoms with E-state index in [0.717, 1.165) is 28.3 Å². The van der Waals surface area contributed by atoms with Gasteiger partial charge in [-0.05, 0) is 37.6 Å². The molecule has 18 nitrogen and oxygen atoms in total. The van der Waals surface area contributed by atoms with Crippen LogP contribution in [-0.4, -0.2) is 89.0 Å². The number of carbonyl (C=O) groups excluding carboxylic acids is 2. The van der Waals surface area contributed by atoms with Crippen LogP contribution in [0.5, 0.6) is 5.75 Å². The van der Waals surface area contributed by atoms with E-state index < -0.39 is 58.2 Å². The van der Waals surface area contributed by atoms with Crippen molar-refractivity contribution in [1.82, 2.24) is 15.4 Å². The molecule has 2 aromatic heterocycles. The summed E-state index contributed by atoms with van der Waals surface area (Å²) in [5.74, 6) is -2.23. The highest BCUT2D eigenvalue weighted by Crippen LogP contribution is 2.33. The number of aromatic nitrogens is 2. The van der Waals surface area contributed by atoms with Gasteiger partial charge in [0, 0.05) is 23.6 Å². The molecule has 252 valence electrons. The summed E-state index contributed by atoms with van der Waals surface area (Å²) < 4.78 is 43.0. The Bertz CT molecular complexity index is 1780. The Labute approximate surface area is 272 Å². The van der Waals surface area contributed by atoms with Gasteiger partial charge < -0.3 is 31.5 Å². The van der Waals surface area contributed by atoms with Crippen LogP contribution < -0.4 is 31.4 Å². The number of carboxylic acid groups (broad SMARTS) is 1. The molecule has 8 N–H and O–H groups in total. The molecule has 1 aromatic carbocycles. The van der Waals surface area contributed by atoms with Gasteiger partial charge in [-0.25, -0.2) is 14.3 Å². The van der Waals surface area contributed by atoms with Crippen molar-refractivity contribution in [2.45, 2.75) is 31.5 Å². The van der Waals surface area contributed by atoms with Gasteiger partial charge in [-0.3, -0.25) is 19.5 Å². The minimum atomic E-state index is -5.02. The van der Waals surface area contributed by atoms with Crippen LogP contribution in [0.25, 0.3) is 11.1 Å². The zero-order chi connectivity index (χ0) is 34.5. The molecule has 1 fully saturated rings. The van der Waals surface area contributed by atoms with Crippen molar-refractivity contribution in [3.8, 4) is 16.9 Å². The summed E-state index contributed by atoms with van der Waals surface area (Å²) in [6.45, 7) is 3.36. The Kier molecular flexibility index (Phi) is 10.6. The Morgan fingerprint density at radius 3 is 2.45 bits per heavy atom. The Morgan fingerprint density at radius 2 is 1.89 bits per heavy atom. The largest absolute Gasteiger partial charge is 0.489 e. The van der Waals surface area contributed by atoms with Gasteiger partial charge in [-0.15, -0.1) is 15.6 Å². The molecule has 20 heteroatoms. The van der Waals surface area contributed by atoms with Gasteiger partial charge >= 0.3 is 16.4 Å². The first-order chi connectivity index (χ1) is 22.1. The third kappa shape index (κ3) is 8.48. The van der Waals surface area contributed by atoms with Crippen LogP contribution in [0.15, 0.2) is 53.1 Å². The van der Waals surface area contributed by atoms with E-state index >= 15 is 0 Å². The van der Waals surface area contributed by atoms with Crippen LogP contribution in [0.1, 0.15) is 19.5 Å². The number of β-lactam (4-membered cyclic amide) rings is 1. The van der Waals surface area contributed by atoms with Crippen LogP contribution in [0.3, 0.4) is 0 Å². The van der Waals surface area contributed by atoms with Gasteiger partial charge in [0.2, 0.25) is 0 Å². The Morgan fingerprint density at radius 1 is 1.21 bits per heavy atom. The molecule has 1 saturated heterocycles. The number of anilines is 2. The van der Waals surface area contributed by atoms with Gasteiger partial charge in [0.1, 0.15) is 24.1 Å². The van der Waals surface area contributed by atoms with Crippen LogP contribution in [0.2, 0.25) is 0 Å². The molecule has 1 aliphatic heterocycles. The molecule has 4 rings (SSSR count). The summed E-state index contributed by atoms with van der Waals surface area (Å²) in [7, 11) is -3.12. The Balaban J connectivity index is 1.44. The fraction of sp³-hybridized carbons (Fsp3) is 0.333. The van der Waals surface area contributed by atoms with E-state index in [-0.39, 0.29) is 10.8 Å². The minimum absolute atomic E-state index is 0.0582. The van der Waals surface area contributed by atoms with E-state index in [9.17, 15) is 27.9 Å². The molecule has 1 unspecified atom stereocenters. The predicted molar refractivity (Wildman–Crippen MR) is 167 cm³/mol. The number of rotatable bonds is 15. The smallest absolute Gasteiger partial charge is 0.418 e. The maximum atomic E-state index is 13.2. The highest BCUT2D eigenvalue weighted by atomic mass is 32.3. The zero-order valence-electron chi connectivity index (χ0n) is 25.3. The number of pyridine rings is 1. The number of nitrogens with two attached hydrogens (primary N) is 2. The molecule has 0 saturated carbocycles. The normalized spacial score (nSPS) is 16.6. The molecule has 3 heterocycles. The third-order valence-electron chi connectivity index (χ3n) is 6.82. The number of hydrogen-bond donors (Lipinski definition) is 6. The van der Waals surface area contributed by atoms with Crippen molar-refractivity contribution in [2.24, 2.45) is 17.9 Å². The van der Waals surface area contributed by atoms with Crippen molar-refractivity contribution >= 4 is 56.2 Å². The summed E-state index contributed by atoms with van der Waals surface area (Å²) >= 11 is 0.958. The first kappa shape index (κ1) is 35.0. The van der Waals surface area contributed by atoms with Gasteiger partial charge in [0.05, 0.1) is 25.3 Å². The lowest BCUT2D eigenvalue weighted by atomic mass is 9.84. The van der Waals surface area contributed by atoms with Crippen molar-refractivity contribution < 1.29 is 50.9 Å². The van der Waals surface area contributed by atoms with Crippen LogP contribution >= 0.6 is 11.3 Å². The van der Waals surface area contributed by atoms with Gasteiger partial charge in [0.25, 0.3) is 23.7 Å². The molecule has 47 heavy (non-hydrogen) atoms. The van der Waals surface area contributed by atoms with Crippen molar-refractivity contribution in [3.63, 3.8) is 0 Å². The van der Waals surface area contributed by atoms with Gasteiger partial charge in [0.15, 0.2) is 10.8 Å². The molecule has 0 radical (unpaired) electrons. The summed E-state index contributed by atoms with van der Waals surface area (Å²) in [6, 6.07) is 9.45. The number of carboxylic acids is 1. The topological polar surface area (TPSA) is 262 Å². The maximum Gasteiger partial charge on any atom is 0.418 e. The number of aliphatic carboxylic acids is 1. The van der Waals surface area contributed by atoms with E-state index in [2.05, 4.69) is 25.1 Å². The molecule has 0 bridgehead atoms. The molecule has 3 aromatic rings. The standard InChI is InChI=1S/C27H32N8O10S2/c1-27(2)22(24(37)35(27)45-47(40,41)42)32-23(36)21(18-14-46-26(29)31-18)33-44-19(25(38)39)13-43-17-7-4-15(5-8-17)16-6-9-20(30-11-10-28)34(3)12-16/h4-9,12,14,19,22H,10-11,13,28H2,1-3H3,(H5,29,31,32,36,38,39,40,41,42)/p+1/b33-21-/t19-,22?/m0/s1. The summed E-state index contributed by atoms with van der Waals surface area (Å²) in [5.41, 5.74) is 11.0. The predicted octanol–water partition coefficient (Wildman–Crippen LogP) is -0.320. The van der Waals surface area contributed by atoms with Crippen LogP contribution in [-0.2, 0) is 41.0 Å². The number of nitrogens with zero attached hydrogens (tertiary/aromatic N) is 4. The second-order valence-electron chi connectivity index (χ2n) is 10.6. The van der Waals surface area contributed by atoms with Gasteiger partial charge in [-0.2, -0.15) is 13.5 Å². The third-order valence-corrected chi connectivity index (χ3v) is 7.83. The van der Waals surface area contributed by atoms with Crippen LogP contribution in [0.4, 0.5) is 10.9 Å². The lowest BCUT2D eigenvalue weighted by Crippen LogP contribution is -2.76. The highest BCUT2D eigenvalue weighted by molar-refractivity contribution is 7.80. The highest BCUT2D eigenvalue weighted by Gasteiger charge is 2.58.